The van der Waals surface area contributed by atoms with Gasteiger partial charge in [0.1, 0.15) is 0 Å². The second-order valence-corrected chi connectivity index (χ2v) is 6.05. The number of carbonyl (C=O) groups is 1. The van der Waals surface area contributed by atoms with E-state index in [1.165, 1.54) is 0 Å². The maximum atomic E-state index is 12.6. The minimum absolute atomic E-state index is 0.165. The molecule has 1 aromatic rings. The number of nitrogens with one attached hydrogen (secondary N) is 1. The fourth-order valence-corrected chi connectivity index (χ4v) is 2.95. The van der Waals surface area contributed by atoms with Crippen LogP contribution in [-0.2, 0) is 0 Å². The third kappa shape index (κ3) is 3.76. The van der Waals surface area contributed by atoms with Crippen molar-refractivity contribution < 1.29 is 4.79 Å². The molecule has 1 aliphatic rings. The molecule has 0 radical (unpaired) electrons. The van der Waals surface area contributed by atoms with E-state index in [0.29, 0.717) is 6.04 Å². The number of benzene rings is 1. The highest BCUT2D eigenvalue weighted by Gasteiger charge is 2.24. The summed E-state index contributed by atoms with van der Waals surface area (Å²) in [5, 5.41) is 3.31. The first-order valence-corrected chi connectivity index (χ1v) is 7.83. The Kier molecular flexibility index (Phi) is 5.23. The van der Waals surface area contributed by atoms with Crippen LogP contribution >= 0.6 is 0 Å². The smallest absolute Gasteiger partial charge is 0.253 e. The van der Waals surface area contributed by atoms with E-state index in [-0.39, 0.29) is 5.91 Å². The van der Waals surface area contributed by atoms with E-state index < -0.39 is 0 Å². The monoisotopic (exact) mass is 289 g/mol. The number of piperidine rings is 1. The number of aryl methyl sites for hydroxylation is 1. The van der Waals surface area contributed by atoms with E-state index in [2.05, 4.69) is 31.2 Å². The molecule has 2 rings (SSSR count). The van der Waals surface area contributed by atoms with E-state index in [4.69, 9.17) is 0 Å². The van der Waals surface area contributed by atoms with Gasteiger partial charge < -0.3 is 15.1 Å². The van der Waals surface area contributed by atoms with Gasteiger partial charge in [0.2, 0.25) is 0 Å². The SMILES string of the molecule is CCNc1ccc(C(=O)N2CCC(N(C)C)CC2)cc1C. The molecule has 1 aromatic carbocycles. The van der Waals surface area contributed by atoms with Gasteiger partial charge in [0.05, 0.1) is 0 Å². The molecule has 0 aromatic heterocycles. The van der Waals surface area contributed by atoms with Crippen molar-refractivity contribution >= 4 is 11.6 Å². The summed E-state index contributed by atoms with van der Waals surface area (Å²) in [5.74, 6) is 0.165. The molecule has 0 atom stereocenters. The van der Waals surface area contributed by atoms with Gasteiger partial charge in [0.15, 0.2) is 0 Å². The number of hydrogen-bond acceptors (Lipinski definition) is 3. The normalized spacial score (nSPS) is 16.3. The number of hydrogen-bond donors (Lipinski definition) is 1. The van der Waals surface area contributed by atoms with E-state index in [1.54, 1.807) is 0 Å². The maximum Gasteiger partial charge on any atom is 0.253 e. The molecule has 1 heterocycles. The van der Waals surface area contributed by atoms with Crippen LogP contribution in [0.25, 0.3) is 0 Å². The fourth-order valence-electron chi connectivity index (χ4n) is 2.95. The van der Waals surface area contributed by atoms with Gasteiger partial charge in [-0.1, -0.05) is 0 Å². The Labute approximate surface area is 128 Å². The van der Waals surface area contributed by atoms with Crippen LogP contribution in [-0.4, -0.2) is 55.5 Å². The number of likely N-dealkylation sites (tertiary alicyclic amines) is 1. The van der Waals surface area contributed by atoms with Crippen LogP contribution in [0.4, 0.5) is 5.69 Å². The second-order valence-electron chi connectivity index (χ2n) is 6.05. The number of anilines is 1. The molecule has 21 heavy (non-hydrogen) atoms. The Hall–Kier alpha value is -1.55. The second kappa shape index (κ2) is 6.94. The first-order valence-electron chi connectivity index (χ1n) is 7.83. The topological polar surface area (TPSA) is 35.6 Å². The predicted molar refractivity (Wildman–Crippen MR) is 88.0 cm³/mol. The average molecular weight is 289 g/mol. The minimum Gasteiger partial charge on any atom is -0.385 e. The number of carbonyl (C=O) groups excluding carboxylic acids is 1. The molecule has 4 nitrogen and oxygen atoms in total. The molecule has 1 aliphatic heterocycles. The number of nitrogens with zero attached hydrogens (tertiary/aromatic N) is 2. The van der Waals surface area contributed by atoms with Gasteiger partial charge >= 0.3 is 0 Å². The lowest BCUT2D eigenvalue weighted by molar-refractivity contribution is 0.0663. The zero-order valence-electron chi connectivity index (χ0n) is 13.6. The molecule has 0 unspecified atom stereocenters. The van der Waals surface area contributed by atoms with E-state index in [9.17, 15) is 4.79 Å². The first kappa shape index (κ1) is 15.8. The molecule has 0 bridgehead atoms. The van der Waals surface area contributed by atoms with Crippen molar-refractivity contribution in [2.24, 2.45) is 0 Å². The standard InChI is InChI=1S/C17H27N3O/c1-5-18-16-7-6-14(12-13(16)2)17(21)20-10-8-15(9-11-20)19(3)4/h6-7,12,15,18H,5,8-11H2,1-4H3. The van der Waals surface area contributed by atoms with Crippen LogP contribution in [0.1, 0.15) is 35.7 Å². The van der Waals surface area contributed by atoms with Gasteiger partial charge in [-0.15, -0.1) is 0 Å². The molecular weight excluding hydrogens is 262 g/mol. The summed E-state index contributed by atoms with van der Waals surface area (Å²) in [5.41, 5.74) is 3.05. The summed E-state index contributed by atoms with van der Waals surface area (Å²) >= 11 is 0. The van der Waals surface area contributed by atoms with Gasteiger partial charge in [-0.2, -0.15) is 0 Å². The molecule has 1 saturated heterocycles. The molecule has 0 saturated carbocycles. The van der Waals surface area contributed by atoms with Crippen molar-refractivity contribution in [1.29, 1.82) is 0 Å². The van der Waals surface area contributed by atoms with Gasteiger partial charge in [0.25, 0.3) is 5.91 Å². The molecule has 116 valence electrons. The highest BCUT2D eigenvalue weighted by Crippen LogP contribution is 2.20. The van der Waals surface area contributed by atoms with Gasteiger partial charge in [-0.3, -0.25) is 4.79 Å². The van der Waals surface area contributed by atoms with E-state index >= 15 is 0 Å². The third-order valence-electron chi connectivity index (χ3n) is 4.32. The summed E-state index contributed by atoms with van der Waals surface area (Å²) in [6.45, 7) is 6.73. The van der Waals surface area contributed by atoms with Crippen molar-refractivity contribution in [2.75, 3.05) is 39.0 Å². The molecule has 1 fully saturated rings. The molecular formula is C17H27N3O. The highest BCUT2D eigenvalue weighted by atomic mass is 16.2. The molecule has 0 aliphatic carbocycles. The largest absolute Gasteiger partial charge is 0.385 e. The summed E-state index contributed by atoms with van der Waals surface area (Å²) in [6, 6.07) is 6.55. The lowest BCUT2D eigenvalue weighted by Gasteiger charge is -2.35. The maximum absolute atomic E-state index is 12.6. The Morgan fingerprint density at radius 3 is 2.52 bits per heavy atom. The van der Waals surface area contributed by atoms with Crippen molar-refractivity contribution in [3.63, 3.8) is 0 Å². The van der Waals surface area contributed by atoms with Crippen LogP contribution in [0.5, 0.6) is 0 Å². The Bertz CT molecular complexity index is 491. The molecule has 1 N–H and O–H groups in total. The van der Waals surface area contributed by atoms with Crippen LogP contribution < -0.4 is 5.32 Å². The van der Waals surface area contributed by atoms with Gasteiger partial charge in [-0.05, 0) is 64.5 Å². The van der Waals surface area contributed by atoms with Crippen molar-refractivity contribution in [3.05, 3.63) is 29.3 Å². The zero-order valence-corrected chi connectivity index (χ0v) is 13.6. The first-order chi connectivity index (χ1) is 10.0. The number of rotatable bonds is 4. The Balaban J connectivity index is 2.02. The fraction of sp³-hybridized carbons (Fsp3) is 0.588. The van der Waals surface area contributed by atoms with Crippen LogP contribution in [0, 0.1) is 6.92 Å². The zero-order chi connectivity index (χ0) is 15.4. The summed E-state index contributed by atoms with van der Waals surface area (Å²) in [7, 11) is 4.23. The third-order valence-corrected chi connectivity index (χ3v) is 4.32. The lowest BCUT2D eigenvalue weighted by Crippen LogP contribution is -2.44. The Morgan fingerprint density at radius 1 is 1.33 bits per heavy atom. The van der Waals surface area contributed by atoms with Gasteiger partial charge in [0, 0.05) is 36.9 Å². The molecule has 0 spiro atoms. The summed E-state index contributed by atoms with van der Waals surface area (Å²) < 4.78 is 0. The number of amides is 1. The van der Waals surface area contributed by atoms with Crippen molar-refractivity contribution in [3.8, 4) is 0 Å². The quantitative estimate of drug-likeness (QED) is 0.925. The van der Waals surface area contributed by atoms with Crippen molar-refractivity contribution in [1.82, 2.24) is 9.80 Å². The van der Waals surface area contributed by atoms with Crippen LogP contribution in [0.15, 0.2) is 18.2 Å². The minimum atomic E-state index is 0.165. The van der Waals surface area contributed by atoms with E-state index in [1.807, 2.05) is 30.0 Å². The molecule has 4 heteroatoms. The predicted octanol–water partition coefficient (Wildman–Crippen LogP) is 2.59. The summed E-state index contributed by atoms with van der Waals surface area (Å²) in [6.07, 6.45) is 2.13. The van der Waals surface area contributed by atoms with Crippen LogP contribution in [0.3, 0.4) is 0 Å². The molecule has 1 amide bonds. The lowest BCUT2D eigenvalue weighted by atomic mass is 10.0. The highest BCUT2D eigenvalue weighted by molar-refractivity contribution is 5.95. The average Bonchev–Trinajstić information content (AvgIpc) is 2.49. The Morgan fingerprint density at radius 2 is 2.00 bits per heavy atom. The summed E-state index contributed by atoms with van der Waals surface area (Å²) in [4.78, 5) is 16.8. The van der Waals surface area contributed by atoms with Crippen molar-refractivity contribution in [2.45, 2.75) is 32.7 Å². The van der Waals surface area contributed by atoms with Crippen LogP contribution in [0.2, 0.25) is 0 Å². The van der Waals surface area contributed by atoms with Gasteiger partial charge in [-0.25, -0.2) is 0 Å². The van der Waals surface area contributed by atoms with E-state index in [0.717, 1.165) is 49.3 Å².